The van der Waals surface area contributed by atoms with Gasteiger partial charge < -0.3 is 0 Å². The van der Waals surface area contributed by atoms with Gasteiger partial charge in [0.05, 0.1) is 15.9 Å². The highest BCUT2D eigenvalue weighted by Crippen LogP contribution is 2.41. The lowest BCUT2D eigenvalue weighted by Crippen LogP contribution is -2.50. The van der Waals surface area contributed by atoms with Crippen molar-refractivity contribution < 1.29 is 0 Å². The molecule has 3 N–H and O–H groups in total. The zero-order valence-corrected chi connectivity index (χ0v) is 14.3. The first-order valence-corrected chi connectivity index (χ1v) is 8.60. The minimum absolute atomic E-state index is 0.227. The van der Waals surface area contributed by atoms with E-state index in [1.165, 1.54) is 24.3 Å². The number of rotatable bonds is 5. The van der Waals surface area contributed by atoms with Crippen LogP contribution in [0, 0.1) is 0 Å². The van der Waals surface area contributed by atoms with Gasteiger partial charge in [-0.25, -0.2) is 0 Å². The van der Waals surface area contributed by atoms with Crippen LogP contribution >= 0.6 is 27.7 Å². The summed E-state index contributed by atoms with van der Waals surface area (Å²) in [6.45, 7) is 4.45. The van der Waals surface area contributed by atoms with Crippen molar-refractivity contribution in [3.05, 3.63) is 15.9 Å². The lowest BCUT2D eigenvalue weighted by Gasteiger charge is -2.32. The minimum Gasteiger partial charge on any atom is -0.271 e. The van der Waals surface area contributed by atoms with Crippen LogP contribution in [0.25, 0.3) is 0 Å². The molecule has 2 unspecified atom stereocenters. The second-order valence-corrected chi connectivity index (χ2v) is 7.80. The molecular weight excluding hydrogens is 324 g/mol. The molecule has 1 saturated heterocycles. The number of aryl methyl sites for hydroxylation is 2. The van der Waals surface area contributed by atoms with Gasteiger partial charge in [-0.1, -0.05) is 6.92 Å². The zero-order valence-electron chi connectivity index (χ0n) is 11.9. The molecule has 0 radical (unpaired) electrons. The monoisotopic (exact) mass is 346 g/mol. The second-order valence-electron chi connectivity index (χ2n) is 5.37. The van der Waals surface area contributed by atoms with Crippen LogP contribution in [0.15, 0.2) is 4.47 Å². The Bertz CT molecular complexity index is 440. The molecule has 1 aliphatic rings. The van der Waals surface area contributed by atoms with E-state index >= 15 is 0 Å². The third-order valence-electron chi connectivity index (χ3n) is 4.09. The van der Waals surface area contributed by atoms with E-state index in [2.05, 4.69) is 40.3 Å². The minimum atomic E-state index is 0.227. The largest absolute Gasteiger partial charge is 0.271 e. The van der Waals surface area contributed by atoms with Gasteiger partial charge in [-0.2, -0.15) is 16.9 Å². The van der Waals surface area contributed by atoms with Crippen LogP contribution in [-0.2, 0) is 19.9 Å². The average molecular weight is 347 g/mol. The van der Waals surface area contributed by atoms with Crippen molar-refractivity contribution in [1.82, 2.24) is 15.2 Å². The summed E-state index contributed by atoms with van der Waals surface area (Å²) in [5.74, 6) is 7.05. The topological polar surface area (TPSA) is 55.9 Å². The summed E-state index contributed by atoms with van der Waals surface area (Å²) in [6.07, 6.45) is 4.36. The Kier molecular flexibility index (Phi) is 4.98. The van der Waals surface area contributed by atoms with Crippen molar-refractivity contribution in [3.63, 3.8) is 0 Å². The number of thioether (sulfide) groups is 1. The number of nitrogens with one attached hydrogen (secondary N) is 1. The maximum absolute atomic E-state index is 5.82. The summed E-state index contributed by atoms with van der Waals surface area (Å²) in [5, 5.41) is 4.56. The molecule has 0 saturated carbocycles. The number of nitrogens with two attached hydrogens (primary N) is 1. The molecule has 108 valence electrons. The third kappa shape index (κ3) is 3.01. The molecule has 1 aromatic rings. The predicted octanol–water partition coefficient (Wildman–Crippen LogP) is 2.41. The van der Waals surface area contributed by atoms with Crippen molar-refractivity contribution >= 4 is 27.7 Å². The van der Waals surface area contributed by atoms with Crippen LogP contribution in [-0.4, -0.2) is 26.3 Å². The first-order valence-electron chi connectivity index (χ1n) is 6.82. The molecule has 0 spiro atoms. The second kappa shape index (κ2) is 6.16. The Morgan fingerprint density at radius 1 is 1.63 bits per heavy atom. The van der Waals surface area contributed by atoms with E-state index in [-0.39, 0.29) is 10.8 Å². The Morgan fingerprint density at radius 2 is 2.37 bits per heavy atom. The standard InChI is InChI=1S/C13H23BrN4S/c1-4-9-12(14)10(18(3)17-9)8-11(16-15)13(2)6-5-7-19-13/h11,16H,4-8,15H2,1-3H3. The lowest BCUT2D eigenvalue weighted by atomic mass is 9.93. The Labute approximate surface area is 128 Å². The molecule has 0 aliphatic carbocycles. The van der Waals surface area contributed by atoms with Crippen LogP contribution in [0.3, 0.4) is 0 Å². The maximum Gasteiger partial charge on any atom is 0.0766 e. The molecule has 2 heterocycles. The summed E-state index contributed by atoms with van der Waals surface area (Å²) in [5.41, 5.74) is 5.38. The Hall–Kier alpha value is -0.0400. The molecule has 2 rings (SSSR count). The molecule has 19 heavy (non-hydrogen) atoms. The highest BCUT2D eigenvalue weighted by atomic mass is 79.9. The molecule has 1 fully saturated rings. The predicted molar refractivity (Wildman–Crippen MR) is 85.2 cm³/mol. The van der Waals surface area contributed by atoms with Gasteiger partial charge in [0.25, 0.3) is 0 Å². The molecule has 2 atom stereocenters. The van der Waals surface area contributed by atoms with E-state index in [1.807, 2.05) is 23.5 Å². The quantitative estimate of drug-likeness (QED) is 0.634. The summed E-state index contributed by atoms with van der Waals surface area (Å²) in [4.78, 5) is 0. The number of nitrogens with zero attached hydrogens (tertiary/aromatic N) is 2. The maximum atomic E-state index is 5.82. The molecule has 1 aliphatic heterocycles. The van der Waals surface area contributed by atoms with E-state index in [0.717, 1.165) is 23.0 Å². The van der Waals surface area contributed by atoms with Crippen molar-refractivity contribution in [2.75, 3.05) is 5.75 Å². The number of halogens is 1. The highest BCUT2D eigenvalue weighted by molar-refractivity contribution is 9.10. The van der Waals surface area contributed by atoms with Gasteiger partial charge in [0, 0.05) is 24.3 Å². The van der Waals surface area contributed by atoms with Gasteiger partial charge in [-0.15, -0.1) is 0 Å². The van der Waals surface area contributed by atoms with Gasteiger partial charge in [-0.05, 0) is 47.9 Å². The molecule has 0 bridgehead atoms. The van der Waals surface area contributed by atoms with Crippen LogP contribution in [0.1, 0.15) is 38.1 Å². The zero-order chi connectivity index (χ0) is 14.0. The van der Waals surface area contributed by atoms with Gasteiger partial charge in [0.1, 0.15) is 0 Å². The van der Waals surface area contributed by atoms with Gasteiger partial charge in [0.2, 0.25) is 0 Å². The number of aromatic nitrogens is 2. The summed E-state index contributed by atoms with van der Waals surface area (Å²) < 4.78 is 3.35. The van der Waals surface area contributed by atoms with Crippen molar-refractivity contribution in [2.45, 2.75) is 50.3 Å². The molecule has 0 amide bonds. The van der Waals surface area contributed by atoms with Crippen LogP contribution in [0.5, 0.6) is 0 Å². The van der Waals surface area contributed by atoms with Crippen molar-refractivity contribution in [2.24, 2.45) is 12.9 Å². The first kappa shape index (κ1) is 15.4. The van der Waals surface area contributed by atoms with Crippen LogP contribution < -0.4 is 11.3 Å². The average Bonchev–Trinajstić information content (AvgIpc) is 2.93. The van der Waals surface area contributed by atoms with Crippen LogP contribution in [0.4, 0.5) is 0 Å². The summed E-state index contributed by atoms with van der Waals surface area (Å²) in [6, 6.07) is 0.274. The number of hydrogen-bond donors (Lipinski definition) is 2. The highest BCUT2D eigenvalue weighted by Gasteiger charge is 2.38. The van der Waals surface area contributed by atoms with E-state index in [0.29, 0.717) is 0 Å². The van der Waals surface area contributed by atoms with Crippen molar-refractivity contribution in [3.8, 4) is 0 Å². The van der Waals surface area contributed by atoms with Crippen LogP contribution in [0.2, 0.25) is 0 Å². The molecule has 6 heteroatoms. The fraction of sp³-hybridized carbons (Fsp3) is 0.769. The molecule has 4 nitrogen and oxygen atoms in total. The summed E-state index contributed by atoms with van der Waals surface area (Å²) in [7, 11) is 2.01. The fourth-order valence-electron chi connectivity index (χ4n) is 2.76. The molecular formula is C13H23BrN4S. The summed E-state index contributed by atoms with van der Waals surface area (Å²) >= 11 is 5.72. The van der Waals surface area contributed by atoms with E-state index in [4.69, 9.17) is 5.84 Å². The Morgan fingerprint density at radius 3 is 2.84 bits per heavy atom. The van der Waals surface area contributed by atoms with E-state index < -0.39 is 0 Å². The van der Waals surface area contributed by atoms with Gasteiger partial charge >= 0.3 is 0 Å². The van der Waals surface area contributed by atoms with E-state index in [9.17, 15) is 0 Å². The third-order valence-corrected chi connectivity index (χ3v) is 6.64. The van der Waals surface area contributed by atoms with E-state index in [1.54, 1.807) is 0 Å². The normalized spacial score (nSPS) is 24.9. The fourth-order valence-corrected chi connectivity index (χ4v) is 4.94. The van der Waals surface area contributed by atoms with Gasteiger partial charge in [-0.3, -0.25) is 16.0 Å². The van der Waals surface area contributed by atoms with Crippen molar-refractivity contribution in [1.29, 1.82) is 0 Å². The lowest BCUT2D eigenvalue weighted by molar-refractivity contribution is 0.397. The molecule has 0 aromatic carbocycles. The smallest absolute Gasteiger partial charge is 0.0766 e. The number of hydrogen-bond acceptors (Lipinski definition) is 4. The first-order chi connectivity index (χ1) is 9.01. The number of hydrazine groups is 1. The van der Waals surface area contributed by atoms with Gasteiger partial charge in [0.15, 0.2) is 0 Å². The SMILES string of the molecule is CCc1nn(C)c(CC(NN)C2(C)CCCS2)c1Br. The molecule has 1 aromatic heterocycles. The Balaban J connectivity index is 2.21.